The Labute approximate surface area is 123 Å². The molecule has 1 aliphatic rings. The van der Waals surface area contributed by atoms with Gasteiger partial charge in [-0.05, 0) is 44.1 Å². The number of hydrogen-bond acceptors (Lipinski definition) is 4. The van der Waals surface area contributed by atoms with Crippen molar-refractivity contribution in [3.8, 4) is 0 Å². The number of nitrogens with zero attached hydrogens (tertiary/aromatic N) is 2. The highest BCUT2D eigenvalue weighted by molar-refractivity contribution is 5.77. The molecule has 6 heteroatoms. The van der Waals surface area contributed by atoms with Crippen molar-refractivity contribution in [1.82, 2.24) is 20.4 Å². The number of carbonyl (C=O) groups excluding carboxylic acids is 1. The van der Waals surface area contributed by atoms with Crippen LogP contribution in [0.15, 0.2) is 35.1 Å². The predicted molar refractivity (Wildman–Crippen MR) is 77.6 cm³/mol. The number of rotatable bonds is 5. The molecule has 3 heterocycles. The molecule has 0 saturated carbocycles. The van der Waals surface area contributed by atoms with Crippen LogP contribution in [0.5, 0.6) is 0 Å². The first-order valence-electron chi connectivity index (χ1n) is 7.32. The Balaban J connectivity index is 1.39. The summed E-state index contributed by atoms with van der Waals surface area (Å²) in [5.74, 6) is 1.36. The van der Waals surface area contributed by atoms with Crippen LogP contribution < -0.4 is 5.32 Å². The molecule has 2 aromatic heterocycles. The maximum absolute atomic E-state index is 11.9. The monoisotopic (exact) mass is 288 g/mol. The molecule has 0 spiro atoms. The quantitative estimate of drug-likeness (QED) is 0.874. The maximum atomic E-state index is 11.9. The first-order valence-corrected chi connectivity index (χ1v) is 7.32. The summed E-state index contributed by atoms with van der Waals surface area (Å²) in [6, 6.07) is 5.72. The zero-order valence-corrected chi connectivity index (χ0v) is 11.9. The van der Waals surface area contributed by atoms with Crippen LogP contribution in [0.25, 0.3) is 0 Å². The largest absolute Gasteiger partial charge is 0.467 e. The van der Waals surface area contributed by atoms with Gasteiger partial charge in [-0.15, -0.1) is 0 Å². The molecule has 0 bridgehead atoms. The molecule has 1 amide bonds. The minimum Gasteiger partial charge on any atom is -0.467 e. The zero-order chi connectivity index (χ0) is 14.5. The molecule has 0 atom stereocenters. The normalized spacial score (nSPS) is 17.0. The first-order chi connectivity index (χ1) is 10.3. The lowest BCUT2D eigenvalue weighted by molar-refractivity contribution is -0.122. The van der Waals surface area contributed by atoms with Gasteiger partial charge in [0.1, 0.15) is 5.76 Å². The van der Waals surface area contributed by atoms with Crippen molar-refractivity contribution >= 4 is 5.91 Å². The molecule has 6 nitrogen and oxygen atoms in total. The number of H-pyrrole nitrogens is 1. The van der Waals surface area contributed by atoms with Crippen LogP contribution in [0.3, 0.4) is 0 Å². The fraction of sp³-hybridized carbons (Fsp3) is 0.467. The molecule has 2 aromatic rings. The van der Waals surface area contributed by atoms with E-state index in [1.54, 1.807) is 12.5 Å². The lowest BCUT2D eigenvalue weighted by atomic mass is 9.94. The van der Waals surface area contributed by atoms with Gasteiger partial charge in [0, 0.05) is 17.8 Å². The number of hydrogen-bond donors (Lipinski definition) is 2. The Kier molecular flexibility index (Phi) is 4.35. The summed E-state index contributed by atoms with van der Waals surface area (Å²) in [4.78, 5) is 14.1. The van der Waals surface area contributed by atoms with Gasteiger partial charge in [0.2, 0.25) is 5.91 Å². The molecule has 3 rings (SSSR count). The van der Waals surface area contributed by atoms with Gasteiger partial charge in [0.05, 0.1) is 19.4 Å². The molecule has 112 valence electrons. The van der Waals surface area contributed by atoms with Crippen LogP contribution in [0.4, 0.5) is 0 Å². The number of aromatic amines is 1. The molecule has 1 fully saturated rings. The standard InChI is InChI=1S/C15H20N4O2/c20-15(16-10-13-2-1-9-21-13)11-19-7-4-12(5-8-19)14-3-6-17-18-14/h1-3,6,9,12H,4-5,7-8,10-11H2,(H,16,20)(H,17,18). The molecule has 0 unspecified atom stereocenters. The molecule has 0 aliphatic carbocycles. The van der Waals surface area contributed by atoms with Crippen LogP contribution >= 0.6 is 0 Å². The van der Waals surface area contributed by atoms with Crippen LogP contribution in [-0.2, 0) is 11.3 Å². The zero-order valence-electron chi connectivity index (χ0n) is 11.9. The number of aromatic nitrogens is 2. The fourth-order valence-electron chi connectivity index (χ4n) is 2.75. The van der Waals surface area contributed by atoms with Gasteiger partial charge >= 0.3 is 0 Å². The Morgan fingerprint density at radius 2 is 2.29 bits per heavy atom. The minimum atomic E-state index is 0.0476. The third-order valence-corrected chi connectivity index (χ3v) is 3.96. The van der Waals surface area contributed by atoms with Crippen LogP contribution in [-0.4, -0.2) is 40.6 Å². The summed E-state index contributed by atoms with van der Waals surface area (Å²) in [5, 5.41) is 9.92. The highest BCUT2D eigenvalue weighted by Crippen LogP contribution is 2.25. The smallest absolute Gasteiger partial charge is 0.234 e. The third kappa shape index (κ3) is 3.72. The van der Waals surface area contributed by atoms with E-state index in [-0.39, 0.29) is 5.91 Å². The van der Waals surface area contributed by atoms with Crippen molar-refractivity contribution in [3.63, 3.8) is 0 Å². The Hall–Kier alpha value is -2.08. The molecule has 0 radical (unpaired) electrons. The Morgan fingerprint density at radius 3 is 2.95 bits per heavy atom. The van der Waals surface area contributed by atoms with Gasteiger partial charge in [-0.1, -0.05) is 0 Å². The molecule has 1 saturated heterocycles. The Morgan fingerprint density at radius 1 is 1.43 bits per heavy atom. The number of nitrogens with one attached hydrogen (secondary N) is 2. The van der Waals surface area contributed by atoms with E-state index in [1.807, 2.05) is 18.2 Å². The summed E-state index contributed by atoms with van der Waals surface area (Å²) < 4.78 is 5.19. The van der Waals surface area contributed by atoms with Crippen molar-refractivity contribution in [1.29, 1.82) is 0 Å². The summed E-state index contributed by atoms with van der Waals surface area (Å²) in [6.07, 6.45) is 5.53. The lowest BCUT2D eigenvalue weighted by Gasteiger charge is -2.30. The first kappa shape index (κ1) is 13.9. The van der Waals surface area contributed by atoms with Crippen molar-refractivity contribution < 1.29 is 9.21 Å². The second kappa shape index (κ2) is 6.58. The van der Waals surface area contributed by atoms with E-state index in [0.29, 0.717) is 19.0 Å². The molecule has 1 aliphatic heterocycles. The maximum Gasteiger partial charge on any atom is 0.234 e. The van der Waals surface area contributed by atoms with Crippen molar-refractivity contribution in [2.24, 2.45) is 0 Å². The SMILES string of the molecule is O=C(CN1CCC(c2ccn[nH]2)CC1)NCc1ccco1. The number of furan rings is 1. The molecule has 21 heavy (non-hydrogen) atoms. The van der Waals surface area contributed by atoms with E-state index >= 15 is 0 Å². The molecule has 2 N–H and O–H groups in total. The van der Waals surface area contributed by atoms with Gasteiger partial charge < -0.3 is 9.73 Å². The van der Waals surface area contributed by atoms with Crippen molar-refractivity contribution in [2.75, 3.05) is 19.6 Å². The van der Waals surface area contributed by atoms with E-state index in [2.05, 4.69) is 20.4 Å². The number of piperidine rings is 1. The molecular weight excluding hydrogens is 268 g/mol. The number of carbonyl (C=O) groups is 1. The molecule has 0 aromatic carbocycles. The topological polar surface area (TPSA) is 74.2 Å². The van der Waals surface area contributed by atoms with Crippen LogP contribution in [0.2, 0.25) is 0 Å². The minimum absolute atomic E-state index is 0.0476. The van der Waals surface area contributed by atoms with Gasteiger partial charge in [0.15, 0.2) is 0 Å². The molecular formula is C15H20N4O2. The van der Waals surface area contributed by atoms with E-state index in [1.165, 1.54) is 5.69 Å². The summed E-state index contributed by atoms with van der Waals surface area (Å²) in [7, 11) is 0. The average Bonchev–Trinajstić information content (AvgIpc) is 3.19. The second-order valence-corrected chi connectivity index (χ2v) is 5.42. The van der Waals surface area contributed by atoms with Crippen molar-refractivity contribution in [3.05, 3.63) is 42.1 Å². The van der Waals surface area contributed by atoms with E-state index in [4.69, 9.17) is 4.42 Å². The van der Waals surface area contributed by atoms with Crippen molar-refractivity contribution in [2.45, 2.75) is 25.3 Å². The van der Waals surface area contributed by atoms with Crippen LogP contribution in [0.1, 0.15) is 30.2 Å². The van der Waals surface area contributed by atoms with Gasteiger partial charge in [-0.25, -0.2) is 0 Å². The van der Waals surface area contributed by atoms with Crippen LogP contribution in [0, 0.1) is 0 Å². The third-order valence-electron chi connectivity index (χ3n) is 3.96. The van der Waals surface area contributed by atoms with Gasteiger partial charge in [0.25, 0.3) is 0 Å². The van der Waals surface area contributed by atoms with E-state index < -0.39 is 0 Å². The average molecular weight is 288 g/mol. The van der Waals surface area contributed by atoms with E-state index in [0.717, 1.165) is 31.7 Å². The predicted octanol–water partition coefficient (Wildman–Crippen LogP) is 1.50. The number of likely N-dealkylation sites (tertiary alicyclic amines) is 1. The Bertz CT molecular complexity index is 542. The lowest BCUT2D eigenvalue weighted by Crippen LogP contribution is -2.41. The summed E-state index contributed by atoms with van der Waals surface area (Å²) in [5.41, 5.74) is 1.21. The highest BCUT2D eigenvalue weighted by atomic mass is 16.3. The van der Waals surface area contributed by atoms with E-state index in [9.17, 15) is 4.79 Å². The highest BCUT2D eigenvalue weighted by Gasteiger charge is 2.22. The number of amides is 1. The fourth-order valence-corrected chi connectivity index (χ4v) is 2.75. The van der Waals surface area contributed by atoms with Gasteiger partial charge in [-0.3, -0.25) is 14.8 Å². The second-order valence-electron chi connectivity index (χ2n) is 5.42. The summed E-state index contributed by atoms with van der Waals surface area (Å²) in [6.45, 7) is 2.79. The summed E-state index contributed by atoms with van der Waals surface area (Å²) >= 11 is 0. The van der Waals surface area contributed by atoms with Gasteiger partial charge in [-0.2, -0.15) is 5.10 Å².